The molecule has 1 rings (SSSR count). The summed E-state index contributed by atoms with van der Waals surface area (Å²) < 4.78 is 20.6. The van der Waals surface area contributed by atoms with E-state index in [0.29, 0.717) is 0 Å². The SMILES string of the molecule is [B][C@@H]1O[C@H](COP(C)(=O)O)[C@H](O)C1C. The lowest BCUT2D eigenvalue weighted by atomic mass is 9.86. The predicted molar refractivity (Wildman–Crippen MR) is 51.3 cm³/mol. The molecule has 0 amide bonds. The molecule has 1 heterocycles. The van der Waals surface area contributed by atoms with Gasteiger partial charge in [-0.25, -0.2) is 0 Å². The number of hydrogen-bond acceptors (Lipinski definition) is 4. The van der Waals surface area contributed by atoms with Crippen LogP contribution in [0, 0.1) is 5.92 Å². The van der Waals surface area contributed by atoms with Gasteiger partial charge in [0.05, 0.1) is 12.7 Å². The minimum Gasteiger partial charge on any atom is -0.390 e. The fourth-order valence-electron chi connectivity index (χ4n) is 1.29. The van der Waals surface area contributed by atoms with Gasteiger partial charge in [0.15, 0.2) is 0 Å². The molecule has 5 atom stereocenters. The monoisotopic (exact) mass is 220 g/mol. The number of hydrogen-bond donors (Lipinski definition) is 2. The highest BCUT2D eigenvalue weighted by Gasteiger charge is 2.38. The van der Waals surface area contributed by atoms with Crippen LogP contribution < -0.4 is 0 Å². The maximum absolute atomic E-state index is 10.8. The first-order valence-electron chi connectivity index (χ1n) is 4.35. The van der Waals surface area contributed by atoms with Crippen LogP contribution in [0.15, 0.2) is 0 Å². The molecule has 2 N–H and O–H groups in total. The van der Waals surface area contributed by atoms with Gasteiger partial charge < -0.3 is 19.3 Å². The van der Waals surface area contributed by atoms with Gasteiger partial charge in [-0.3, -0.25) is 4.57 Å². The molecule has 7 heteroatoms. The lowest BCUT2D eigenvalue weighted by molar-refractivity contribution is -0.000224. The van der Waals surface area contributed by atoms with Crippen molar-refractivity contribution in [2.45, 2.75) is 25.1 Å². The Morgan fingerprint density at radius 1 is 1.64 bits per heavy atom. The van der Waals surface area contributed by atoms with Crippen molar-refractivity contribution >= 4 is 15.4 Å². The van der Waals surface area contributed by atoms with Crippen LogP contribution in [0.3, 0.4) is 0 Å². The molecule has 1 fully saturated rings. The van der Waals surface area contributed by atoms with Crippen molar-refractivity contribution in [2.75, 3.05) is 13.3 Å². The predicted octanol–water partition coefficient (Wildman–Crippen LogP) is -0.291. The van der Waals surface area contributed by atoms with Crippen molar-refractivity contribution in [3.8, 4) is 0 Å². The summed E-state index contributed by atoms with van der Waals surface area (Å²) >= 11 is 0. The molecular formula is C7H14BO5P. The Bertz CT molecular complexity index is 242. The maximum atomic E-state index is 10.8. The number of aliphatic hydroxyl groups is 1. The van der Waals surface area contributed by atoms with E-state index in [-0.39, 0.29) is 12.5 Å². The van der Waals surface area contributed by atoms with E-state index in [1.54, 1.807) is 6.92 Å². The van der Waals surface area contributed by atoms with Gasteiger partial charge in [0.2, 0.25) is 0 Å². The third-order valence-electron chi connectivity index (χ3n) is 2.25. The van der Waals surface area contributed by atoms with Gasteiger partial charge in [0.1, 0.15) is 14.0 Å². The summed E-state index contributed by atoms with van der Waals surface area (Å²) in [6.45, 7) is 2.71. The minimum absolute atomic E-state index is 0.122. The van der Waals surface area contributed by atoms with E-state index in [2.05, 4.69) is 4.52 Å². The van der Waals surface area contributed by atoms with Gasteiger partial charge in [-0.2, -0.15) is 0 Å². The normalized spacial score (nSPS) is 42.3. The van der Waals surface area contributed by atoms with Gasteiger partial charge in [-0.15, -0.1) is 0 Å². The molecule has 0 aromatic rings. The summed E-state index contributed by atoms with van der Waals surface area (Å²) in [5.74, 6) is -0.196. The highest BCUT2D eigenvalue weighted by molar-refractivity contribution is 7.51. The van der Waals surface area contributed by atoms with Crippen molar-refractivity contribution in [3.05, 3.63) is 0 Å². The Hall–Kier alpha value is 0.135. The smallest absolute Gasteiger partial charge is 0.325 e. The summed E-state index contributed by atoms with van der Waals surface area (Å²) in [4.78, 5) is 8.86. The summed E-state index contributed by atoms with van der Waals surface area (Å²) in [5, 5.41) is 9.57. The quantitative estimate of drug-likeness (QED) is 0.504. The summed E-state index contributed by atoms with van der Waals surface area (Å²) in [6.07, 6.45) is -1.38. The van der Waals surface area contributed by atoms with Gasteiger partial charge in [0.25, 0.3) is 0 Å². The molecule has 0 aromatic heterocycles. The Kier molecular flexibility index (Phi) is 3.78. The first-order valence-corrected chi connectivity index (χ1v) is 6.37. The van der Waals surface area contributed by atoms with Gasteiger partial charge in [-0.05, 0) is 0 Å². The lowest BCUT2D eigenvalue weighted by Gasteiger charge is -2.16. The Balaban J connectivity index is 2.44. The topological polar surface area (TPSA) is 76.0 Å². The van der Waals surface area contributed by atoms with Crippen LogP contribution in [0.1, 0.15) is 6.92 Å². The third kappa shape index (κ3) is 3.07. The van der Waals surface area contributed by atoms with Crippen LogP contribution in [-0.2, 0) is 13.8 Å². The molecule has 0 aliphatic carbocycles. The van der Waals surface area contributed by atoms with E-state index in [4.69, 9.17) is 17.5 Å². The fraction of sp³-hybridized carbons (Fsp3) is 1.00. The van der Waals surface area contributed by atoms with Gasteiger partial charge in [0, 0.05) is 18.6 Å². The van der Waals surface area contributed by atoms with E-state index < -0.39 is 25.8 Å². The first-order chi connectivity index (χ1) is 6.31. The molecule has 2 unspecified atom stereocenters. The zero-order valence-corrected chi connectivity index (χ0v) is 9.05. The average molecular weight is 220 g/mol. The van der Waals surface area contributed by atoms with E-state index in [0.717, 1.165) is 6.66 Å². The molecular weight excluding hydrogens is 206 g/mol. The zero-order valence-electron chi connectivity index (χ0n) is 8.16. The van der Waals surface area contributed by atoms with Crippen LogP contribution in [0.2, 0.25) is 0 Å². The molecule has 0 spiro atoms. The van der Waals surface area contributed by atoms with E-state index in [9.17, 15) is 9.67 Å². The maximum Gasteiger partial charge on any atom is 0.325 e. The second-order valence-electron chi connectivity index (χ2n) is 3.59. The van der Waals surface area contributed by atoms with E-state index in [1.807, 2.05) is 0 Å². The summed E-state index contributed by atoms with van der Waals surface area (Å²) in [6, 6.07) is -0.548. The summed E-state index contributed by atoms with van der Waals surface area (Å²) in [5.41, 5.74) is 0. The minimum atomic E-state index is -3.52. The highest BCUT2D eigenvalue weighted by atomic mass is 31.2. The third-order valence-corrected chi connectivity index (χ3v) is 2.88. The zero-order chi connectivity index (χ0) is 10.9. The summed E-state index contributed by atoms with van der Waals surface area (Å²) in [7, 11) is 2.01. The van der Waals surface area contributed by atoms with Gasteiger partial charge in [-0.1, -0.05) is 6.92 Å². The largest absolute Gasteiger partial charge is 0.390 e. The molecule has 1 aliphatic rings. The van der Waals surface area contributed by atoms with Crippen LogP contribution >= 0.6 is 7.60 Å². The molecule has 2 radical (unpaired) electrons. The van der Waals surface area contributed by atoms with Gasteiger partial charge >= 0.3 is 7.60 Å². The van der Waals surface area contributed by atoms with E-state index in [1.165, 1.54) is 0 Å². The second-order valence-corrected chi connectivity index (χ2v) is 5.45. The highest BCUT2D eigenvalue weighted by Crippen LogP contribution is 2.38. The lowest BCUT2D eigenvalue weighted by Crippen LogP contribution is -2.29. The second kappa shape index (κ2) is 4.33. The molecule has 0 aromatic carbocycles. The fourth-order valence-corrected chi connectivity index (χ4v) is 1.71. The number of aliphatic hydroxyl groups excluding tert-OH is 1. The average Bonchev–Trinajstić information content (AvgIpc) is 2.28. The van der Waals surface area contributed by atoms with Crippen LogP contribution in [0.4, 0.5) is 0 Å². The molecule has 1 aliphatic heterocycles. The Labute approximate surface area is 84.4 Å². The number of rotatable bonds is 3. The van der Waals surface area contributed by atoms with Crippen molar-refractivity contribution in [2.24, 2.45) is 5.92 Å². The standard InChI is InChI=1S/C7H14BO5P/c1-4-6(9)5(13-7(4)8)3-12-14(2,10)11/h4-7,9H,3H2,1-2H3,(H,10,11)/t4?,5-,6-,7-/m1/s1. The Morgan fingerprint density at radius 2 is 2.21 bits per heavy atom. The van der Waals surface area contributed by atoms with Crippen molar-refractivity contribution in [1.82, 2.24) is 0 Å². The molecule has 80 valence electrons. The van der Waals surface area contributed by atoms with E-state index >= 15 is 0 Å². The van der Waals surface area contributed by atoms with Crippen LogP contribution in [0.25, 0.3) is 0 Å². The van der Waals surface area contributed by atoms with Crippen molar-refractivity contribution in [1.29, 1.82) is 0 Å². The molecule has 5 nitrogen and oxygen atoms in total. The van der Waals surface area contributed by atoms with Crippen molar-refractivity contribution < 1.29 is 23.8 Å². The van der Waals surface area contributed by atoms with Crippen LogP contribution in [0.5, 0.6) is 0 Å². The number of ether oxygens (including phenoxy) is 1. The molecule has 1 saturated heterocycles. The molecule has 0 saturated carbocycles. The first kappa shape index (κ1) is 12.2. The molecule has 0 bridgehead atoms. The molecule has 14 heavy (non-hydrogen) atoms. The Morgan fingerprint density at radius 3 is 2.57 bits per heavy atom. The van der Waals surface area contributed by atoms with Crippen molar-refractivity contribution in [3.63, 3.8) is 0 Å². The van der Waals surface area contributed by atoms with Crippen LogP contribution in [-0.4, -0.2) is 49.3 Å².